The van der Waals surface area contributed by atoms with E-state index < -0.39 is 0 Å². The molecule has 2 aromatic rings. The standard InChI is InChI=1S/C17H18.C2H6/c1-4-14-10-11-17(12-15(14)5-2)16-8-6-13(3)7-9-16;1-2/h5-12H,2,4H2,1,3H3;1-2H3. The lowest BCUT2D eigenvalue weighted by molar-refractivity contribution is 1.13. The van der Waals surface area contributed by atoms with Crippen LogP contribution >= 0.6 is 0 Å². The molecule has 19 heavy (non-hydrogen) atoms. The molecule has 0 nitrogen and oxygen atoms in total. The monoisotopic (exact) mass is 252 g/mol. The van der Waals surface area contributed by atoms with Crippen LogP contribution in [0.4, 0.5) is 0 Å². The molecule has 0 radical (unpaired) electrons. The highest BCUT2D eigenvalue weighted by Gasteiger charge is 2.01. The molecule has 0 saturated carbocycles. The van der Waals surface area contributed by atoms with E-state index in [2.05, 4.69) is 62.9 Å². The van der Waals surface area contributed by atoms with E-state index in [4.69, 9.17) is 0 Å². The zero-order valence-electron chi connectivity index (χ0n) is 12.5. The van der Waals surface area contributed by atoms with Gasteiger partial charge >= 0.3 is 0 Å². The average Bonchev–Trinajstić information content (AvgIpc) is 2.49. The van der Waals surface area contributed by atoms with Crippen molar-refractivity contribution in [2.45, 2.75) is 34.1 Å². The largest absolute Gasteiger partial charge is 0.0985 e. The second-order valence-corrected chi connectivity index (χ2v) is 4.34. The van der Waals surface area contributed by atoms with Crippen LogP contribution < -0.4 is 0 Å². The summed E-state index contributed by atoms with van der Waals surface area (Å²) in [5.74, 6) is 0. The molecule has 0 spiro atoms. The molecule has 0 fully saturated rings. The van der Waals surface area contributed by atoms with Crippen LogP contribution in [0, 0.1) is 6.92 Å². The Bertz CT molecular complexity index is 518. The molecule has 0 aliphatic carbocycles. The Labute approximate surface area is 117 Å². The Balaban J connectivity index is 0.000000861. The first kappa shape index (κ1) is 15.2. The van der Waals surface area contributed by atoms with Gasteiger partial charge in [0.05, 0.1) is 0 Å². The molecule has 0 aromatic heterocycles. The maximum Gasteiger partial charge on any atom is -0.0178 e. The van der Waals surface area contributed by atoms with Gasteiger partial charge in [0, 0.05) is 0 Å². The van der Waals surface area contributed by atoms with E-state index in [1.165, 1.54) is 27.8 Å². The number of hydrogen-bond donors (Lipinski definition) is 0. The van der Waals surface area contributed by atoms with Gasteiger partial charge in [0.15, 0.2) is 0 Å². The second kappa shape index (κ2) is 7.58. The fourth-order valence-electron chi connectivity index (χ4n) is 2.03. The summed E-state index contributed by atoms with van der Waals surface area (Å²) >= 11 is 0. The SMILES string of the molecule is C=Cc1cc(-c2ccc(C)cc2)ccc1CC.CC. The summed E-state index contributed by atoms with van der Waals surface area (Å²) in [5.41, 5.74) is 6.42. The van der Waals surface area contributed by atoms with Crippen LogP contribution in [0.5, 0.6) is 0 Å². The van der Waals surface area contributed by atoms with Gasteiger partial charge in [0.1, 0.15) is 0 Å². The van der Waals surface area contributed by atoms with Crippen molar-refractivity contribution in [3.8, 4) is 11.1 Å². The van der Waals surface area contributed by atoms with Crippen molar-refractivity contribution in [2.24, 2.45) is 0 Å². The summed E-state index contributed by atoms with van der Waals surface area (Å²) in [7, 11) is 0. The first-order valence-corrected chi connectivity index (χ1v) is 7.07. The minimum atomic E-state index is 1.05. The van der Waals surface area contributed by atoms with Crippen LogP contribution in [-0.4, -0.2) is 0 Å². The minimum Gasteiger partial charge on any atom is -0.0985 e. The van der Waals surface area contributed by atoms with Crippen LogP contribution in [0.2, 0.25) is 0 Å². The normalized spacial score (nSPS) is 9.47. The van der Waals surface area contributed by atoms with Gasteiger partial charge in [0.2, 0.25) is 0 Å². The van der Waals surface area contributed by atoms with Gasteiger partial charge < -0.3 is 0 Å². The quantitative estimate of drug-likeness (QED) is 0.638. The van der Waals surface area contributed by atoms with E-state index in [0.29, 0.717) is 0 Å². The molecule has 0 amide bonds. The van der Waals surface area contributed by atoms with Crippen molar-refractivity contribution >= 4 is 6.08 Å². The van der Waals surface area contributed by atoms with E-state index in [1.807, 2.05) is 19.9 Å². The molecule has 0 bridgehead atoms. The van der Waals surface area contributed by atoms with Crippen molar-refractivity contribution in [3.63, 3.8) is 0 Å². The van der Waals surface area contributed by atoms with Gasteiger partial charge in [-0.2, -0.15) is 0 Å². The Hall–Kier alpha value is -1.82. The van der Waals surface area contributed by atoms with Crippen molar-refractivity contribution in [2.75, 3.05) is 0 Å². The molecule has 0 atom stereocenters. The minimum absolute atomic E-state index is 1.05. The van der Waals surface area contributed by atoms with E-state index in [0.717, 1.165) is 6.42 Å². The van der Waals surface area contributed by atoms with Crippen LogP contribution in [0.15, 0.2) is 49.0 Å². The van der Waals surface area contributed by atoms with E-state index in [1.54, 1.807) is 0 Å². The third-order valence-electron chi connectivity index (χ3n) is 3.13. The predicted molar refractivity (Wildman–Crippen MR) is 87.4 cm³/mol. The summed E-state index contributed by atoms with van der Waals surface area (Å²) < 4.78 is 0. The summed E-state index contributed by atoms with van der Waals surface area (Å²) in [5, 5.41) is 0. The number of benzene rings is 2. The first-order chi connectivity index (χ1) is 9.24. The van der Waals surface area contributed by atoms with Gasteiger partial charge in [-0.05, 0) is 41.7 Å². The Morgan fingerprint density at radius 1 is 0.947 bits per heavy atom. The third-order valence-corrected chi connectivity index (χ3v) is 3.13. The zero-order chi connectivity index (χ0) is 14.3. The molecular formula is C19H24. The van der Waals surface area contributed by atoms with Crippen molar-refractivity contribution in [1.82, 2.24) is 0 Å². The van der Waals surface area contributed by atoms with E-state index in [9.17, 15) is 0 Å². The Morgan fingerprint density at radius 2 is 1.53 bits per heavy atom. The number of rotatable bonds is 3. The van der Waals surface area contributed by atoms with E-state index in [-0.39, 0.29) is 0 Å². The first-order valence-electron chi connectivity index (χ1n) is 7.07. The van der Waals surface area contributed by atoms with Crippen LogP contribution in [-0.2, 0) is 6.42 Å². The van der Waals surface area contributed by atoms with Gasteiger partial charge in [-0.25, -0.2) is 0 Å². The highest BCUT2D eigenvalue weighted by molar-refractivity contribution is 5.68. The lowest BCUT2D eigenvalue weighted by Crippen LogP contribution is -1.87. The maximum absolute atomic E-state index is 3.89. The summed E-state index contributed by atoms with van der Waals surface area (Å²) in [4.78, 5) is 0. The molecule has 0 aliphatic rings. The molecular weight excluding hydrogens is 228 g/mol. The summed E-state index contributed by atoms with van der Waals surface area (Å²) in [6, 6.07) is 15.2. The molecule has 0 unspecified atom stereocenters. The lowest BCUT2D eigenvalue weighted by atomic mass is 9.97. The maximum atomic E-state index is 3.89. The average molecular weight is 252 g/mol. The fraction of sp³-hybridized carbons (Fsp3) is 0.263. The summed E-state index contributed by atoms with van der Waals surface area (Å²) in [6.07, 6.45) is 2.99. The second-order valence-electron chi connectivity index (χ2n) is 4.34. The molecule has 0 heteroatoms. The highest BCUT2D eigenvalue weighted by atomic mass is 14.1. The summed E-state index contributed by atoms with van der Waals surface area (Å²) in [6.45, 7) is 12.2. The molecule has 100 valence electrons. The Kier molecular flexibility index (Phi) is 6.08. The van der Waals surface area contributed by atoms with Crippen molar-refractivity contribution in [3.05, 3.63) is 65.7 Å². The fourth-order valence-corrected chi connectivity index (χ4v) is 2.03. The smallest absolute Gasteiger partial charge is 0.0178 e. The van der Waals surface area contributed by atoms with Crippen molar-refractivity contribution < 1.29 is 0 Å². The van der Waals surface area contributed by atoms with Crippen LogP contribution in [0.25, 0.3) is 17.2 Å². The lowest BCUT2D eigenvalue weighted by Gasteiger charge is -2.08. The predicted octanol–water partition coefficient (Wildman–Crippen LogP) is 5.89. The van der Waals surface area contributed by atoms with Gasteiger partial charge in [-0.15, -0.1) is 0 Å². The van der Waals surface area contributed by atoms with Crippen LogP contribution in [0.1, 0.15) is 37.5 Å². The molecule has 0 heterocycles. The molecule has 2 aromatic carbocycles. The van der Waals surface area contributed by atoms with E-state index >= 15 is 0 Å². The zero-order valence-corrected chi connectivity index (χ0v) is 12.5. The molecule has 0 aliphatic heterocycles. The molecule has 0 saturated heterocycles. The molecule has 2 rings (SSSR count). The van der Waals surface area contributed by atoms with Crippen molar-refractivity contribution in [1.29, 1.82) is 0 Å². The van der Waals surface area contributed by atoms with Gasteiger partial charge in [-0.3, -0.25) is 0 Å². The third kappa shape index (κ3) is 3.82. The van der Waals surface area contributed by atoms with Gasteiger partial charge in [-0.1, -0.05) is 75.4 Å². The molecule has 0 N–H and O–H groups in total. The van der Waals surface area contributed by atoms with Gasteiger partial charge in [0.25, 0.3) is 0 Å². The number of aryl methyl sites for hydroxylation is 2. The Morgan fingerprint density at radius 3 is 2.05 bits per heavy atom. The topological polar surface area (TPSA) is 0 Å². The highest BCUT2D eigenvalue weighted by Crippen LogP contribution is 2.24. The number of hydrogen-bond acceptors (Lipinski definition) is 0. The van der Waals surface area contributed by atoms with Crippen LogP contribution in [0.3, 0.4) is 0 Å².